The lowest BCUT2D eigenvalue weighted by Gasteiger charge is -1.91. The predicted octanol–water partition coefficient (Wildman–Crippen LogP) is -1.57. The first kappa shape index (κ1) is 11.9. The fourth-order valence-corrected chi connectivity index (χ4v) is 0.956. The fourth-order valence-electron chi connectivity index (χ4n) is 0.956. The first-order valence-corrected chi connectivity index (χ1v) is 3.88. The van der Waals surface area contributed by atoms with Gasteiger partial charge in [0.2, 0.25) is 0 Å². The van der Waals surface area contributed by atoms with Crippen LogP contribution in [0.15, 0.2) is 36.5 Å². The van der Waals surface area contributed by atoms with Gasteiger partial charge in [0.15, 0.2) is 18.8 Å². The zero-order valence-corrected chi connectivity index (χ0v) is 9.03. The van der Waals surface area contributed by atoms with Gasteiger partial charge in [-0.15, -0.1) is 0 Å². The zero-order chi connectivity index (χ0) is 8.81. The Kier molecular flexibility index (Phi) is 5.82. The molecule has 1 aromatic heterocycles. The molecule has 0 aliphatic carbocycles. The summed E-state index contributed by atoms with van der Waals surface area (Å²) in [6.45, 7) is 2.73. The lowest BCUT2D eigenvalue weighted by atomic mass is 10.3. The van der Waals surface area contributed by atoms with Crippen LogP contribution in [-0.2, 0) is 6.54 Å². The third-order valence-electron chi connectivity index (χ3n) is 1.59. The van der Waals surface area contributed by atoms with Crippen LogP contribution >= 0.6 is 0 Å². The number of aromatic nitrogens is 1. The highest BCUT2D eigenvalue weighted by Crippen LogP contribution is 1.88. The monoisotopic (exact) mass is 238 g/mol. The summed E-state index contributed by atoms with van der Waals surface area (Å²) >= 11 is 0. The summed E-state index contributed by atoms with van der Waals surface area (Å²) in [4.78, 5) is 0. The van der Waals surface area contributed by atoms with Crippen LogP contribution in [-0.4, -0.2) is 0 Å². The Hall–Kier alpha value is -1.14. The van der Waals surface area contributed by atoms with Gasteiger partial charge in [-0.3, -0.25) is 0 Å². The first-order valence-electron chi connectivity index (χ1n) is 3.88. The summed E-state index contributed by atoms with van der Waals surface area (Å²) in [5.41, 5.74) is 0.690. The second kappa shape index (κ2) is 6.38. The van der Waals surface area contributed by atoms with Gasteiger partial charge < -0.3 is 17.0 Å². The maximum atomic E-state index is 8.72. The van der Waals surface area contributed by atoms with E-state index in [1.54, 1.807) is 0 Å². The number of rotatable bonds is 2. The first-order chi connectivity index (χ1) is 5.88. The van der Waals surface area contributed by atoms with Crippen molar-refractivity contribution in [3.05, 3.63) is 42.2 Å². The number of pyridine rings is 1. The molecule has 0 N–H and O–H groups in total. The second-order valence-electron chi connectivity index (χ2n) is 2.42. The topological polar surface area (TPSA) is 27.7 Å². The van der Waals surface area contributed by atoms with Gasteiger partial charge in [-0.05, 0) is 19.1 Å². The molecule has 3 heteroatoms. The van der Waals surface area contributed by atoms with Gasteiger partial charge in [0.1, 0.15) is 0 Å². The summed E-state index contributed by atoms with van der Waals surface area (Å²) in [5, 5.41) is 8.72. The largest absolute Gasteiger partial charge is 1.00 e. The molecule has 68 valence electrons. The molecule has 0 unspecified atom stereocenters. The SMILES string of the molecule is CC=CC[n+]1ccccc1C#N.[Br-]. The molecule has 0 aromatic carbocycles. The van der Waals surface area contributed by atoms with Crippen molar-refractivity contribution < 1.29 is 21.5 Å². The molecule has 13 heavy (non-hydrogen) atoms. The molecule has 1 rings (SSSR count). The minimum Gasteiger partial charge on any atom is -1.00 e. The Morgan fingerprint density at radius 2 is 2.31 bits per heavy atom. The summed E-state index contributed by atoms with van der Waals surface area (Å²) in [6.07, 6.45) is 5.89. The number of nitriles is 1. The van der Waals surface area contributed by atoms with Gasteiger partial charge in [-0.25, -0.2) is 0 Å². The van der Waals surface area contributed by atoms with E-state index in [1.165, 1.54) is 0 Å². The Bertz CT molecular complexity index is 326. The Morgan fingerprint density at radius 1 is 1.54 bits per heavy atom. The lowest BCUT2D eigenvalue weighted by molar-refractivity contribution is -0.689. The molecule has 0 aliphatic heterocycles. The number of nitrogens with zero attached hydrogens (tertiary/aromatic N) is 2. The van der Waals surface area contributed by atoms with Crippen molar-refractivity contribution >= 4 is 0 Å². The van der Waals surface area contributed by atoms with Crippen LogP contribution in [0.1, 0.15) is 12.6 Å². The highest BCUT2D eigenvalue weighted by Gasteiger charge is 2.04. The van der Waals surface area contributed by atoms with Gasteiger partial charge in [0.25, 0.3) is 5.69 Å². The van der Waals surface area contributed by atoms with Crippen LogP contribution in [0.5, 0.6) is 0 Å². The van der Waals surface area contributed by atoms with E-state index in [4.69, 9.17) is 5.26 Å². The van der Waals surface area contributed by atoms with E-state index < -0.39 is 0 Å². The lowest BCUT2D eigenvalue weighted by Crippen LogP contribution is -3.00. The quantitative estimate of drug-likeness (QED) is 0.452. The van der Waals surface area contributed by atoms with Gasteiger partial charge in [0, 0.05) is 12.1 Å². The maximum absolute atomic E-state index is 8.72. The summed E-state index contributed by atoms with van der Waals surface area (Å²) in [7, 11) is 0. The van der Waals surface area contributed by atoms with Crippen LogP contribution in [0.4, 0.5) is 0 Å². The molecule has 0 fully saturated rings. The van der Waals surface area contributed by atoms with Crippen LogP contribution in [0.25, 0.3) is 0 Å². The van der Waals surface area contributed by atoms with Crippen molar-refractivity contribution in [1.82, 2.24) is 0 Å². The maximum Gasteiger partial charge on any atom is 0.283 e. The number of allylic oxidation sites excluding steroid dienone is 2. The van der Waals surface area contributed by atoms with E-state index in [9.17, 15) is 0 Å². The molecular formula is C10H11BrN2. The van der Waals surface area contributed by atoms with Crippen molar-refractivity contribution in [3.63, 3.8) is 0 Å². The summed E-state index contributed by atoms with van der Waals surface area (Å²) in [5.74, 6) is 0. The van der Waals surface area contributed by atoms with E-state index in [-0.39, 0.29) is 17.0 Å². The summed E-state index contributed by atoms with van der Waals surface area (Å²) in [6, 6.07) is 7.73. The molecule has 2 nitrogen and oxygen atoms in total. The van der Waals surface area contributed by atoms with Crippen molar-refractivity contribution in [2.24, 2.45) is 0 Å². The van der Waals surface area contributed by atoms with Crippen molar-refractivity contribution in [2.75, 3.05) is 0 Å². The van der Waals surface area contributed by atoms with E-state index >= 15 is 0 Å². The van der Waals surface area contributed by atoms with Crippen LogP contribution < -0.4 is 21.5 Å². The Morgan fingerprint density at radius 3 is 2.92 bits per heavy atom. The average Bonchev–Trinajstić information content (AvgIpc) is 2.15. The van der Waals surface area contributed by atoms with Crippen molar-refractivity contribution in [3.8, 4) is 6.07 Å². The number of hydrogen-bond acceptors (Lipinski definition) is 1. The van der Waals surface area contributed by atoms with Gasteiger partial charge in [-0.1, -0.05) is 6.08 Å². The molecule has 0 spiro atoms. The number of hydrogen-bond donors (Lipinski definition) is 0. The van der Waals surface area contributed by atoms with E-state index in [0.717, 1.165) is 6.54 Å². The zero-order valence-electron chi connectivity index (χ0n) is 7.44. The fraction of sp³-hybridized carbons (Fsp3) is 0.200. The molecule has 0 atom stereocenters. The van der Waals surface area contributed by atoms with Gasteiger partial charge in [-0.2, -0.15) is 9.83 Å². The van der Waals surface area contributed by atoms with E-state index in [2.05, 4.69) is 6.07 Å². The molecule has 1 aromatic rings. The summed E-state index contributed by atoms with van der Waals surface area (Å²) < 4.78 is 1.90. The second-order valence-corrected chi connectivity index (χ2v) is 2.42. The smallest absolute Gasteiger partial charge is 0.283 e. The molecule has 0 radical (unpaired) electrons. The van der Waals surface area contributed by atoms with Crippen molar-refractivity contribution in [2.45, 2.75) is 13.5 Å². The van der Waals surface area contributed by atoms with Crippen LogP contribution in [0.3, 0.4) is 0 Å². The standard InChI is InChI=1S/C10H11N2.BrH/c1-2-3-7-12-8-5-4-6-10(12)9-11;/h2-6,8H,7H2,1H3;1H/q+1;/p-1. The molecule has 0 amide bonds. The van der Waals surface area contributed by atoms with E-state index in [1.807, 2.05) is 48.0 Å². The highest BCUT2D eigenvalue weighted by molar-refractivity contribution is 5.13. The third kappa shape index (κ3) is 3.39. The minimum absolute atomic E-state index is 0. The molecule has 0 saturated heterocycles. The molecule has 0 aliphatic rings. The Labute approximate surface area is 88.9 Å². The average molecular weight is 239 g/mol. The minimum atomic E-state index is 0. The van der Waals surface area contributed by atoms with Gasteiger partial charge in [0.05, 0.1) is 0 Å². The molecule has 0 bridgehead atoms. The predicted molar refractivity (Wildman–Crippen MR) is 46.2 cm³/mol. The van der Waals surface area contributed by atoms with E-state index in [0.29, 0.717) is 5.69 Å². The van der Waals surface area contributed by atoms with Crippen LogP contribution in [0, 0.1) is 11.3 Å². The normalized spacial score (nSPS) is 9.23. The molecule has 0 saturated carbocycles. The van der Waals surface area contributed by atoms with Crippen LogP contribution in [0.2, 0.25) is 0 Å². The molecule has 1 heterocycles. The third-order valence-corrected chi connectivity index (χ3v) is 1.59. The Balaban J connectivity index is 0.00000144. The van der Waals surface area contributed by atoms with Gasteiger partial charge >= 0.3 is 0 Å². The molecular weight excluding hydrogens is 228 g/mol. The highest BCUT2D eigenvalue weighted by atomic mass is 79.9. The number of halogens is 1. The van der Waals surface area contributed by atoms with Crippen molar-refractivity contribution in [1.29, 1.82) is 5.26 Å².